The molecule has 0 amide bonds. The Morgan fingerprint density at radius 1 is 0.947 bits per heavy atom. The fourth-order valence-electron chi connectivity index (χ4n) is 1.80. The van der Waals surface area contributed by atoms with Crippen LogP contribution in [0.15, 0.2) is 48.5 Å². The Hall–Kier alpha value is -1.22. The number of para-hydroxylation sites is 1. The molecule has 0 radical (unpaired) electrons. The lowest BCUT2D eigenvalue weighted by Crippen LogP contribution is -2.14. The van der Waals surface area contributed by atoms with E-state index in [2.05, 4.69) is 0 Å². The molecule has 0 aliphatic heterocycles. The average molecular weight is 297 g/mol. The van der Waals surface area contributed by atoms with Gasteiger partial charge in [-0.2, -0.15) is 0 Å². The smallest absolute Gasteiger partial charge is 0.137 e. The second kappa shape index (κ2) is 6.80. The molecule has 19 heavy (non-hydrogen) atoms. The molecular formula is C15H14Cl2O2. The van der Waals surface area contributed by atoms with Crippen molar-refractivity contribution in [2.24, 2.45) is 0 Å². The van der Waals surface area contributed by atoms with E-state index >= 15 is 0 Å². The molecule has 2 rings (SSSR count). The molecule has 0 aliphatic rings. The largest absolute Gasteiger partial charge is 0.491 e. The van der Waals surface area contributed by atoms with Crippen LogP contribution in [0.3, 0.4) is 0 Å². The monoisotopic (exact) mass is 296 g/mol. The van der Waals surface area contributed by atoms with Crippen LogP contribution >= 0.6 is 23.2 Å². The summed E-state index contributed by atoms with van der Waals surface area (Å²) in [7, 11) is 0. The Morgan fingerprint density at radius 2 is 1.58 bits per heavy atom. The van der Waals surface area contributed by atoms with Gasteiger partial charge in [-0.05, 0) is 23.8 Å². The van der Waals surface area contributed by atoms with E-state index in [0.29, 0.717) is 22.4 Å². The summed E-state index contributed by atoms with van der Waals surface area (Å²) in [5.74, 6) is 0.430. The maximum absolute atomic E-state index is 9.48. The summed E-state index contributed by atoms with van der Waals surface area (Å²) in [5, 5.41) is 10.7. The summed E-state index contributed by atoms with van der Waals surface area (Å²) < 4.78 is 5.65. The summed E-state index contributed by atoms with van der Waals surface area (Å²) in [6.07, 6.45) is 0. The van der Waals surface area contributed by atoms with Crippen LogP contribution in [-0.2, 0) is 0 Å². The number of rotatable bonds is 5. The van der Waals surface area contributed by atoms with E-state index in [1.165, 1.54) is 0 Å². The molecule has 0 fully saturated rings. The molecule has 2 nitrogen and oxygen atoms in total. The van der Waals surface area contributed by atoms with E-state index in [1.54, 1.807) is 18.2 Å². The third kappa shape index (κ3) is 3.63. The van der Waals surface area contributed by atoms with Gasteiger partial charge in [0.15, 0.2) is 0 Å². The van der Waals surface area contributed by atoms with Crippen molar-refractivity contribution in [3.8, 4) is 5.75 Å². The Bertz CT molecular complexity index is 543. The van der Waals surface area contributed by atoms with Gasteiger partial charge in [-0.3, -0.25) is 0 Å². The zero-order valence-electron chi connectivity index (χ0n) is 10.2. The van der Waals surface area contributed by atoms with Gasteiger partial charge in [0.2, 0.25) is 0 Å². The number of benzene rings is 2. The van der Waals surface area contributed by atoms with Crippen molar-refractivity contribution in [3.05, 3.63) is 64.1 Å². The van der Waals surface area contributed by atoms with Gasteiger partial charge >= 0.3 is 0 Å². The first kappa shape index (κ1) is 14.2. The number of aliphatic hydroxyl groups is 1. The van der Waals surface area contributed by atoms with E-state index < -0.39 is 0 Å². The lowest BCUT2D eigenvalue weighted by molar-refractivity contribution is 0.205. The van der Waals surface area contributed by atoms with E-state index in [9.17, 15) is 5.11 Å². The number of halogens is 2. The first-order valence-electron chi connectivity index (χ1n) is 5.95. The van der Waals surface area contributed by atoms with Gasteiger partial charge in [0.1, 0.15) is 5.75 Å². The third-order valence-electron chi connectivity index (χ3n) is 2.84. The zero-order chi connectivity index (χ0) is 13.7. The molecule has 1 N–H and O–H groups in total. The van der Waals surface area contributed by atoms with Gasteiger partial charge in [0, 0.05) is 10.9 Å². The van der Waals surface area contributed by atoms with Crippen LogP contribution < -0.4 is 4.74 Å². The molecule has 0 aromatic heterocycles. The first-order valence-corrected chi connectivity index (χ1v) is 6.70. The molecule has 0 heterocycles. The Morgan fingerprint density at radius 3 is 2.21 bits per heavy atom. The van der Waals surface area contributed by atoms with Crippen LogP contribution in [0.5, 0.6) is 5.75 Å². The molecule has 1 atom stereocenters. The quantitative estimate of drug-likeness (QED) is 0.898. The van der Waals surface area contributed by atoms with Crippen molar-refractivity contribution in [1.29, 1.82) is 0 Å². The molecule has 0 saturated heterocycles. The fraction of sp³-hybridized carbons (Fsp3) is 0.200. The summed E-state index contributed by atoms with van der Waals surface area (Å²) in [6, 6.07) is 14.7. The summed E-state index contributed by atoms with van der Waals surface area (Å²) >= 11 is 12.1. The first-order chi connectivity index (χ1) is 9.22. The van der Waals surface area contributed by atoms with Crippen molar-refractivity contribution >= 4 is 23.2 Å². The van der Waals surface area contributed by atoms with E-state index in [1.807, 2.05) is 30.3 Å². The number of hydrogen-bond donors (Lipinski definition) is 1. The second-order valence-corrected chi connectivity index (χ2v) is 4.96. The normalized spacial score (nSPS) is 12.2. The molecule has 0 aliphatic carbocycles. The van der Waals surface area contributed by atoms with Crippen LogP contribution in [0.25, 0.3) is 0 Å². The van der Waals surface area contributed by atoms with Crippen LogP contribution in [0.2, 0.25) is 10.0 Å². The SMILES string of the molecule is OCC(COc1ccccc1Cl)c1ccccc1Cl. The predicted molar refractivity (Wildman–Crippen MR) is 78.2 cm³/mol. The van der Waals surface area contributed by atoms with Gasteiger partial charge in [-0.25, -0.2) is 0 Å². The Balaban J connectivity index is 2.09. The van der Waals surface area contributed by atoms with Gasteiger partial charge < -0.3 is 9.84 Å². The highest BCUT2D eigenvalue weighted by molar-refractivity contribution is 6.32. The lowest BCUT2D eigenvalue weighted by Gasteiger charge is -2.17. The molecule has 1 unspecified atom stereocenters. The van der Waals surface area contributed by atoms with Gasteiger partial charge in [0.25, 0.3) is 0 Å². The second-order valence-electron chi connectivity index (χ2n) is 4.14. The van der Waals surface area contributed by atoms with Crippen LogP contribution in [0.1, 0.15) is 11.5 Å². The van der Waals surface area contributed by atoms with Crippen molar-refractivity contribution in [2.75, 3.05) is 13.2 Å². The minimum atomic E-state index is -0.176. The van der Waals surface area contributed by atoms with E-state index in [0.717, 1.165) is 5.56 Å². The fourth-order valence-corrected chi connectivity index (χ4v) is 2.28. The molecule has 2 aromatic rings. The topological polar surface area (TPSA) is 29.5 Å². The van der Waals surface area contributed by atoms with E-state index in [4.69, 9.17) is 27.9 Å². The maximum Gasteiger partial charge on any atom is 0.137 e. The Labute approximate surface area is 122 Å². The standard InChI is InChI=1S/C15H14Cl2O2/c16-13-6-2-1-5-12(13)11(9-18)10-19-15-8-4-3-7-14(15)17/h1-8,11,18H,9-10H2. The average Bonchev–Trinajstić information content (AvgIpc) is 2.43. The maximum atomic E-state index is 9.48. The molecule has 0 bridgehead atoms. The highest BCUT2D eigenvalue weighted by atomic mass is 35.5. The predicted octanol–water partition coefficient (Wildman–Crippen LogP) is 4.15. The number of ether oxygens (including phenoxy) is 1. The van der Waals surface area contributed by atoms with Crippen LogP contribution in [0, 0.1) is 0 Å². The lowest BCUT2D eigenvalue weighted by atomic mass is 10.0. The highest BCUT2D eigenvalue weighted by Crippen LogP contribution is 2.27. The van der Waals surface area contributed by atoms with Gasteiger partial charge in [-0.1, -0.05) is 53.5 Å². The van der Waals surface area contributed by atoms with Crippen LogP contribution in [-0.4, -0.2) is 18.3 Å². The Kier molecular flexibility index (Phi) is 5.08. The number of hydrogen-bond acceptors (Lipinski definition) is 2. The number of aliphatic hydroxyl groups excluding tert-OH is 1. The summed E-state index contributed by atoms with van der Waals surface area (Å²) in [6.45, 7) is 0.290. The minimum Gasteiger partial charge on any atom is -0.491 e. The van der Waals surface area contributed by atoms with Gasteiger partial charge in [-0.15, -0.1) is 0 Å². The molecular weight excluding hydrogens is 283 g/mol. The molecule has 0 spiro atoms. The summed E-state index contributed by atoms with van der Waals surface area (Å²) in [5.41, 5.74) is 0.874. The van der Waals surface area contributed by atoms with Crippen LogP contribution in [0.4, 0.5) is 0 Å². The third-order valence-corrected chi connectivity index (χ3v) is 3.50. The molecule has 0 saturated carbocycles. The van der Waals surface area contributed by atoms with Crippen molar-refractivity contribution in [3.63, 3.8) is 0 Å². The van der Waals surface area contributed by atoms with Crippen molar-refractivity contribution in [1.82, 2.24) is 0 Å². The molecule has 100 valence electrons. The minimum absolute atomic E-state index is 0.0335. The zero-order valence-corrected chi connectivity index (χ0v) is 11.7. The van der Waals surface area contributed by atoms with E-state index in [-0.39, 0.29) is 12.5 Å². The molecule has 2 aromatic carbocycles. The van der Waals surface area contributed by atoms with Crippen molar-refractivity contribution in [2.45, 2.75) is 5.92 Å². The van der Waals surface area contributed by atoms with Gasteiger partial charge in [0.05, 0.1) is 18.2 Å². The van der Waals surface area contributed by atoms with Crippen molar-refractivity contribution < 1.29 is 9.84 Å². The highest BCUT2D eigenvalue weighted by Gasteiger charge is 2.15. The summed E-state index contributed by atoms with van der Waals surface area (Å²) in [4.78, 5) is 0. The molecule has 4 heteroatoms.